The van der Waals surface area contributed by atoms with Crippen LogP contribution in [0.1, 0.15) is 35.6 Å². The molecule has 0 spiro atoms. The number of phenols is 1. The lowest BCUT2D eigenvalue weighted by Crippen LogP contribution is -2.65. The number of carbonyl (C=O) groups excluding carboxylic acids is 4. The number of Topliss-reactive ketones (excluding diaryl/α,β-unsaturated/α-hetero) is 2. The number of aliphatic hydroxyl groups is 3. The number of phenolic OH excluding ortho intramolecular Hbond substituents is 1. The van der Waals surface area contributed by atoms with Gasteiger partial charge in [0.05, 0.1) is 25.3 Å². The third kappa shape index (κ3) is 6.34. The monoisotopic (exact) mass is 725 g/mol. The van der Waals surface area contributed by atoms with Crippen LogP contribution in [-0.2, 0) is 43.3 Å². The number of nitrogens with one attached hydrogen (secondary N) is 1. The average Bonchev–Trinajstić information content (AvgIpc) is 3.12. The summed E-state index contributed by atoms with van der Waals surface area (Å²) in [6.07, 6.45) is 0.473. The molecule has 53 heavy (non-hydrogen) atoms. The molecule has 278 valence electrons. The van der Waals surface area contributed by atoms with Crippen LogP contribution in [0.15, 0.2) is 77.6 Å². The molecule has 3 aliphatic carbocycles. The molecule has 0 aromatic heterocycles. The van der Waals surface area contributed by atoms with Gasteiger partial charge >= 0.3 is 5.97 Å². The predicted octanol–water partition coefficient (Wildman–Crippen LogP) is 2.90. The molecule has 5 atom stereocenters. The highest BCUT2D eigenvalue weighted by atomic mass is 16.5. The van der Waals surface area contributed by atoms with Crippen molar-refractivity contribution in [3.63, 3.8) is 0 Å². The summed E-state index contributed by atoms with van der Waals surface area (Å²) in [5, 5.41) is 49.2. The average molecular weight is 726 g/mol. The molecule has 0 heterocycles. The topological polar surface area (TPSA) is 209 Å². The summed E-state index contributed by atoms with van der Waals surface area (Å²) in [6.45, 7) is 2.27. The summed E-state index contributed by atoms with van der Waals surface area (Å²) < 4.78 is 11.1. The zero-order valence-electron chi connectivity index (χ0n) is 29.9. The summed E-state index contributed by atoms with van der Waals surface area (Å²) >= 11 is 0. The van der Waals surface area contributed by atoms with Crippen LogP contribution in [0.2, 0.25) is 0 Å². The van der Waals surface area contributed by atoms with Crippen LogP contribution in [0.3, 0.4) is 0 Å². The Hall–Kier alpha value is -5.50. The number of aliphatic hydroxyl groups excluding tert-OH is 2. The molecule has 0 saturated heterocycles. The first-order chi connectivity index (χ1) is 25.2. The summed E-state index contributed by atoms with van der Waals surface area (Å²) in [7, 11) is 4.61. The predicted molar refractivity (Wildman–Crippen MR) is 194 cm³/mol. The number of aromatic hydroxyl groups is 1. The Bertz CT molecular complexity index is 2060. The summed E-state index contributed by atoms with van der Waals surface area (Å²) in [5.74, 6) is -7.11. The van der Waals surface area contributed by atoms with Crippen molar-refractivity contribution < 1.29 is 49.1 Å². The third-order valence-electron chi connectivity index (χ3n) is 10.6. The van der Waals surface area contributed by atoms with Crippen LogP contribution < -0.4 is 15.8 Å². The molecule has 1 amide bonds. The molecule has 3 aliphatic rings. The van der Waals surface area contributed by atoms with Crippen LogP contribution >= 0.6 is 0 Å². The van der Waals surface area contributed by atoms with E-state index in [2.05, 4.69) is 5.32 Å². The Kier molecular flexibility index (Phi) is 10.2. The van der Waals surface area contributed by atoms with Gasteiger partial charge in [-0.15, -0.1) is 0 Å². The molecule has 0 aliphatic heterocycles. The minimum Gasteiger partial charge on any atom is -0.508 e. The fraction of sp³-hybridized carbons (Fsp3) is 0.350. The van der Waals surface area contributed by atoms with Crippen molar-refractivity contribution in [3.8, 4) is 22.6 Å². The number of benzene rings is 3. The lowest BCUT2D eigenvalue weighted by molar-refractivity contribution is -0.153. The first kappa shape index (κ1) is 37.3. The van der Waals surface area contributed by atoms with Crippen molar-refractivity contribution in [1.29, 1.82) is 0 Å². The van der Waals surface area contributed by atoms with Gasteiger partial charge in [-0.2, -0.15) is 0 Å². The molecule has 0 radical (unpaired) electrons. The number of ether oxygens (including phenoxy) is 2. The molecular formula is C40H43N3O10. The number of primary amides is 1. The molecule has 7 N–H and O–H groups in total. The van der Waals surface area contributed by atoms with Crippen LogP contribution in [0.25, 0.3) is 16.9 Å². The Labute approximate surface area is 306 Å². The van der Waals surface area contributed by atoms with Crippen LogP contribution in [-0.4, -0.2) is 94.3 Å². The van der Waals surface area contributed by atoms with Gasteiger partial charge in [0.1, 0.15) is 34.6 Å². The van der Waals surface area contributed by atoms with Gasteiger partial charge in [-0.25, -0.2) is 0 Å². The maximum atomic E-state index is 14.2. The smallest absolute Gasteiger partial charge is 0.323 e. The van der Waals surface area contributed by atoms with Crippen LogP contribution in [0.5, 0.6) is 11.5 Å². The molecule has 13 heteroatoms. The van der Waals surface area contributed by atoms with Gasteiger partial charge in [0.25, 0.3) is 5.91 Å². The lowest BCUT2D eigenvalue weighted by Gasteiger charge is -2.50. The number of esters is 1. The molecule has 3 aromatic carbocycles. The van der Waals surface area contributed by atoms with Crippen LogP contribution in [0, 0.1) is 11.8 Å². The zero-order chi connectivity index (χ0) is 38.4. The van der Waals surface area contributed by atoms with Crippen molar-refractivity contribution in [3.05, 3.63) is 99.8 Å². The second-order valence-corrected chi connectivity index (χ2v) is 13.9. The number of likely N-dealkylation sites (N-methyl/N-ethyl adjacent to an activating group) is 1. The van der Waals surface area contributed by atoms with Crippen molar-refractivity contribution in [2.24, 2.45) is 17.6 Å². The molecule has 13 nitrogen and oxygen atoms in total. The zero-order valence-corrected chi connectivity index (χ0v) is 29.9. The first-order valence-electron chi connectivity index (χ1n) is 17.3. The molecule has 1 saturated carbocycles. The highest BCUT2D eigenvalue weighted by molar-refractivity contribution is 6.24. The maximum absolute atomic E-state index is 14.2. The van der Waals surface area contributed by atoms with Crippen molar-refractivity contribution in [2.45, 2.75) is 50.4 Å². The van der Waals surface area contributed by atoms with Gasteiger partial charge in [0.15, 0.2) is 11.4 Å². The Morgan fingerprint density at radius 2 is 1.74 bits per heavy atom. The number of hydrogen-bond acceptors (Lipinski definition) is 12. The Morgan fingerprint density at radius 3 is 2.38 bits per heavy atom. The van der Waals surface area contributed by atoms with Gasteiger partial charge < -0.3 is 41.0 Å². The van der Waals surface area contributed by atoms with Crippen molar-refractivity contribution in [2.75, 3.05) is 27.8 Å². The highest BCUT2D eigenvalue weighted by Crippen LogP contribution is 2.54. The van der Waals surface area contributed by atoms with Gasteiger partial charge in [-0.05, 0) is 86.7 Å². The number of hydrogen-bond donors (Lipinski definition) is 6. The molecule has 0 bridgehead atoms. The van der Waals surface area contributed by atoms with Gasteiger partial charge in [-0.1, -0.05) is 42.5 Å². The van der Waals surface area contributed by atoms with E-state index >= 15 is 0 Å². The highest BCUT2D eigenvalue weighted by Gasteiger charge is 2.64. The van der Waals surface area contributed by atoms with E-state index in [4.69, 9.17) is 15.2 Å². The lowest BCUT2D eigenvalue weighted by atomic mass is 9.57. The Balaban J connectivity index is 1.41. The maximum Gasteiger partial charge on any atom is 0.323 e. The second kappa shape index (κ2) is 14.5. The van der Waals surface area contributed by atoms with Gasteiger partial charge in [0.2, 0.25) is 5.78 Å². The van der Waals surface area contributed by atoms with E-state index in [1.807, 2.05) is 42.5 Å². The number of methoxy groups -OCH3 is 1. The molecule has 5 unspecified atom stereocenters. The van der Waals surface area contributed by atoms with Gasteiger partial charge in [-0.3, -0.25) is 24.1 Å². The summed E-state index contributed by atoms with van der Waals surface area (Å²) in [6, 6.07) is 16.3. The largest absolute Gasteiger partial charge is 0.508 e. The molecule has 1 fully saturated rings. The first-order valence-corrected chi connectivity index (χ1v) is 17.3. The minimum absolute atomic E-state index is 0.0328. The van der Waals surface area contributed by atoms with E-state index in [0.29, 0.717) is 28.9 Å². The third-order valence-corrected chi connectivity index (χ3v) is 10.6. The number of amides is 1. The number of nitrogens with two attached hydrogens (primary N) is 1. The molecule has 6 rings (SSSR count). The van der Waals surface area contributed by atoms with Crippen molar-refractivity contribution in [1.82, 2.24) is 10.2 Å². The quantitative estimate of drug-likeness (QED) is 0.125. The SMILES string of the molecule is CCOC(=O)C(Cc1ccccc1)NCc1ccc(OC)c(-c2ccc(O)c3c2CC2CC4C(N(C)C)C(=O)C(C(N)=O)=C(O)C4(O)C(=O)C2=C3O)c1. The Morgan fingerprint density at radius 1 is 1.02 bits per heavy atom. The second-order valence-electron chi connectivity index (χ2n) is 13.9. The molecule has 3 aromatic rings. The van der Waals surface area contributed by atoms with E-state index in [0.717, 1.165) is 11.1 Å². The number of nitrogens with zero attached hydrogens (tertiary/aromatic N) is 1. The number of carbonyl (C=O) groups is 4. The van der Waals surface area contributed by atoms with E-state index < -0.39 is 64.1 Å². The number of fused-ring (bicyclic) bond motifs is 3. The fourth-order valence-corrected chi connectivity index (χ4v) is 8.14. The van der Waals surface area contributed by atoms with E-state index in [1.54, 1.807) is 33.2 Å². The summed E-state index contributed by atoms with van der Waals surface area (Å²) in [4.78, 5) is 54.4. The molecular weight excluding hydrogens is 682 g/mol. The summed E-state index contributed by atoms with van der Waals surface area (Å²) in [5.41, 5.74) is 5.00. The number of rotatable bonds is 11. The van der Waals surface area contributed by atoms with E-state index in [1.165, 1.54) is 18.1 Å². The normalized spacial score (nSPS) is 22.9. The van der Waals surface area contributed by atoms with E-state index in [-0.39, 0.29) is 48.8 Å². The van der Waals surface area contributed by atoms with E-state index in [9.17, 15) is 39.6 Å². The van der Waals surface area contributed by atoms with Crippen molar-refractivity contribution >= 4 is 29.2 Å². The van der Waals surface area contributed by atoms with Crippen LogP contribution in [0.4, 0.5) is 0 Å². The fourth-order valence-electron chi connectivity index (χ4n) is 8.14. The van der Waals surface area contributed by atoms with Gasteiger partial charge in [0, 0.05) is 23.6 Å². The number of ketones is 2. The standard InChI is InChI=1S/C40H43N3O10/c1-5-53-39(50)27(16-20-9-7-6-8-10-20)42-19-21-11-14-29(52-4)24(15-21)23-12-13-28(44)31-25(23)17-22-18-26-33(43(2)3)35(46)32(38(41)49)37(48)40(26,51)36(47)30(22)34(31)45/h6-15,22,26-27,33,42,44-45,48,51H,5,16-19H2,1-4H3,(H2,41,49). The minimum atomic E-state index is -2.73.